The number of hydrogen-bond donors (Lipinski definition) is 2. The number of carbonyl (C=O) groups excluding carboxylic acids is 1. The highest BCUT2D eigenvalue weighted by molar-refractivity contribution is 5.96. The standard InChI is InChI=1S/C17H15N3O/c21-17(20-15-4-5-15)13-3-1-2-11(8-13)14-9-12-6-7-18-16(12)19-10-14/h1-3,6-10,15H,4-5H2,(H,18,19)(H,20,21). The predicted molar refractivity (Wildman–Crippen MR) is 82.0 cm³/mol. The fraction of sp³-hybridized carbons (Fsp3) is 0.176. The van der Waals surface area contributed by atoms with Gasteiger partial charge in [-0.2, -0.15) is 0 Å². The normalized spacial score (nSPS) is 14.3. The van der Waals surface area contributed by atoms with Crippen LogP contribution in [0.3, 0.4) is 0 Å². The van der Waals surface area contributed by atoms with Gasteiger partial charge >= 0.3 is 0 Å². The van der Waals surface area contributed by atoms with Crippen LogP contribution in [-0.4, -0.2) is 21.9 Å². The average molecular weight is 277 g/mol. The Hall–Kier alpha value is -2.62. The highest BCUT2D eigenvalue weighted by Crippen LogP contribution is 2.24. The molecule has 1 saturated carbocycles. The van der Waals surface area contributed by atoms with Crippen LogP contribution in [0.1, 0.15) is 23.2 Å². The van der Waals surface area contributed by atoms with Gasteiger partial charge in [0.1, 0.15) is 5.65 Å². The van der Waals surface area contributed by atoms with Gasteiger partial charge in [0.2, 0.25) is 0 Å². The topological polar surface area (TPSA) is 57.8 Å². The number of nitrogens with zero attached hydrogens (tertiary/aromatic N) is 1. The smallest absolute Gasteiger partial charge is 0.251 e. The summed E-state index contributed by atoms with van der Waals surface area (Å²) in [6.07, 6.45) is 5.90. The van der Waals surface area contributed by atoms with Crippen molar-refractivity contribution >= 4 is 16.9 Å². The number of aromatic nitrogens is 2. The fourth-order valence-corrected chi connectivity index (χ4v) is 2.43. The van der Waals surface area contributed by atoms with Gasteiger partial charge in [0.15, 0.2) is 0 Å². The van der Waals surface area contributed by atoms with Crippen molar-refractivity contribution in [3.63, 3.8) is 0 Å². The number of carbonyl (C=O) groups is 1. The molecule has 2 aromatic heterocycles. The Morgan fingerprint density at radius 1 is 1.19 bits per heavy atom. The second-order valence-corrected chi connectivity index (χ2v) is 5.47. The third-order valence-electron chi connectivity index (χ3n) is 3.77. The Balaban J connectivity index is 1.68. The van der Waals surface area contributed by atoms with E-state index < -0.39 is 0 Å². The van der Waals surface area contributed by atoms with Crippen molar-refractivity contribution < 1.29 is 4.79 Å². The van der Waals surface area contributed by atoms with Crippen molar-refractivity contribution in [2.45, 2.75) is 18.9 Å². The van der Waals surface area contributed by atoms with Gasteiger partial charge < -0.3 is 10.3 Å². The van der Waals surface area contributed by atoms with E-state index in [1.54, 1.807) is 0 Å². The second-order valence-electron chi connectivity index (χ2n) is 5.47. The predicted octanol–water partition coefficient (Wildman–Crippen LogP) is 3.12. The summed E-state index contributed by atoms with van der Waals surface area (Å²) in [5, 5.41) is 4.08. The van der Waals surface area contributed by atoms with Crippen molar-refractivity contribution in [2.24, 2.45) is 0 Å². The number of amides is 1. The molecular weight excluding hydrogens is 262 g/mol. The Morgan fingerprint density at radius 3 is 2.95 bits per heavy atom. The minimum Gasteiger partial charge on any atom is -0.349 e. The van der Waals surface area contributed by atoms with Gasteiger partial charge in [-0.3, -0.25) is 4.79 Å². The molecule has 104 valence electrons. The summed E-state index contributed by atoms with van der Waals surface area (Å²) in [5.74, 6) is 0.00929. The number of H-pyrrole nitrogens is 1. The van der Waals surface area contributed by atoms with Crippen molar-refractivity contribution in [1.82, 2.24) is 15.3 Å². The van der Waals surface area contributed by atoms with E-state index in [-0.39, 0.29) is 5.91 Å². The molecule has 1 aliphatic rings. The lowest BCUT2D eigenvalue weighted by atomic mass is 10.0. The molecule has 1 aliphatic carbocycles. The molecule has 0 atom stereocenters. The van der Waals surface area contributed by atoms with Gasteiger partial charge in [0.05, 0.1) is 0 Å². The first kappa shape index (κ1) is 12.1. The maximum absolute atomic E-state index is 12.1. The van der Waals surface area contributed by atoms with Crippen LogP contribution in [0.5, 0.6) is 0 Å². The molecule has 0 saturated heterocycles. The molecule has 0 radical (unpaired) electrons. The maximum atomic E-state index is 12.1. The number of fused-ring (bicyclic) bond motifs is 1. The van der Waals surface area contributed by atoms with Gasteiger partial charge in [0.25, 0.3) is 5.91 Å². The van der Waals surface area contributed by atoms with Crippen LogP contribution >= 0.6 is 0 Å². The summed E-state index contributed by atoms with van der Waals surface area (Å²) in [6, 6.07) is 12.1. The number of aromatic amines is 1. The zero-order valence-corrected chi connectivity index (χ0v) is 11.5. The van der Waals surface area contributed by atoms with Crippen LogP contribution in [0, 0.1) is 0 Å². The van der Waals surface area contributed by atoms with Gasteiger partial charge in [-0.05, 0) is 42.7 Å². The molecule has 0 spiro atoms. The first-order valence-corrected chi connectivity index (χ1v) is 7.14. The number of benzene rings is 1. The minimum absolute atomic E-state index is 0.00929. The molecule has 4 nitrogen and oxygen atoms in total. The van der Waals surface area contributed by atoms with E-state index in [0.29, 0.717) is 11.6 Å². The fourth-order valence-electron chi connectivity index (χ4n) is 2.43. The van der Waals surface area contributed by atoms with Crippen molar-refractivity contribution in [2.75, 3.05) is 0 Å². The van der Waals surface area contributed by atoms with Gasteiger partial charge in [0, 0.05) is 34.9 Å². The van der Waals surface area contributed by atoms with Crippen LogP contribution in [0.15, 0.2) is 48.8 Å². The largest absolute Gasteiger partial charge is 0.349 e. The van der Waals surface area contributed by atoms with E-state index in [9.17, 15) is 4.79 Å². The molecule has 21 heavy (non-hydrogen) atoms. The van der Waals surface area contributed by atoms with Gasteiger partial charge in [-0.1, -0.05) is 12.1 Å². The van der Waals surface area contributed by atoms with E-state index in [0.717, 1.165) is 35.0 Å². The Morgan fingerprint density at radius 2 is 2.10 bits per heavy atom. The van der Waals surface area contributed by atoms with Crippen molar-refractivity contribution in [3.05, 3.63) is 54.4 Å². The molecule has 2 heterocycles. The summed E-state index contributed by atoms with van der Waals surface area (Å²) < 4.78 is 0. The molecule has 4 heteroatoms. The van der Waals surface area contributed by atoms with Crippen LogP contribution in [-0.2, 0) is 0 Å². The summed E-state index contributed by atoms with van der Waals surface area (Å²) >= 11 is 0. The van der Waals surface area contributed by atoms with Gasteiger partial charge in [-0.25, -0.2) is 4.98 Å². The Bertz CT molecular complexity index is 818. The van der Waals surface area contributed by atoms with E-state index in [1.807, 2.05) is 42.7 Å². The number of pyridine rings is 1. The van der Waals surface area contributed by atoms with Crippen LogP contribution in [0.2, 0.25) is 0 Å². The lowest BCUT2D eigenvalue weighted by molar-refractivity contribution is 0.0951. The van der Waals surface area contributed by atoms with Crippen LogP contribution < -0.4 is 5.32 Å². The molecule has 1 fully saturated rings. The number of hydrogen-bond acceptors (Lipinski definition) is 2. The van der Waals surface area contributed by atoms with Crippen LogP contribution in [0.25, 0.3) is 22.2 Å². The lowest BCUT2D eigenvalue weighted by Crippen LogP contribution is -2.25. The lowest BCUT2D eigenvalue weighted by Gasteiger charge is -2.06. The molecule has 1 amide bonds. The first-order valence-electron chi connectivity index (χ1n) is 7.14. The second kappa shape index (κ2) is 4.74. The van der Waals surface area contributed by atoms with Crippen LogP contribution in [0.4, 0.5) is 0 Å². The van der Waals surface area contributed by atoms with E-state index in [1.165, 1.54) is 0 Å². The molecule has 2 N–H and O–H groups in total. The third kappa shape index (κ3) is 2.40. The summed E-state index contributed by atoms with van der Waals surface area (Å²) in [4.78, 5) is 19.6. The molecule has 4 rings (SSSR count). The SMILES string of the molecule is O=C(NC1CC1)c1cccc(-c2cnc3[nH]ccc3c2)c1. The molecule has 0 aliphatic heterocycles. The summed E-state index contributed by atoms with van der Waals surface area (Å²) in [6.45, 7) is 0. The van der Waals surface area contributed by atoms with Crippen molar-refractivity contribution in [1.29, 1.82) is 0 Å². The summed E-state index contributed by atoms with van der Waals surface area (Å²) in [7, 11) is 0. The van der Waals surface area contributed by atoms with Crippen molar-refractivity contribution in [3.8, 4) is 11.1 Å². The molecular formula is C17H15N3O. The quantitative estimate of drug-likeness (QED) is 0.772. The zero-order chi connectivity index (χ0) is 14.2. The number of rotatable bonds is 3. The first-order chi connectivity index (χ1) is 10.3. The zero-order valence-electron chi connectivity index (χ0n) is 11.5. The van der Waals surface area contributed by atoms with Gasteiger partial charge in [-0.15, -0.1) is 0 Å². The molecule has 3 aromatic rings. The molecule has 0 bridgehead atoms. The molecule has 1 aromatic carbocycles. The van der Waals surface area contributed by atoms with E-state index in [4.69, 9.17) is 0 Å². The van der Waals surface area contributed by atoms with E-state index >= 15 is 0 Å². The third-order valence-corrected chi connectivity index (χ3v) is 3.77. The minimum atomic E-state index is 0.00929. The number of nitrogens with one attached hydrogen (secondary N) is 2. The highest BCUT2D eigenvalue weighted by atomic mass is 16.1. The van der Waals surface area contributed by atoms with E-state index in [2.05, 4.69) is 21.4 Å². The maximum Gasteiger partial charge on any atom is 0.251 e. The molecule has 0 unspecified atom stereocenters. The monoisotopic (exact) mass is 277 g/mol. The summed E-state index contributed by atoms with van der Waals surface area (Å²) in [5.41, 5.74) is 3.60. The highest BCUT2D eigenvalue weighted by Gasteiger charge is 2.23. The average Bonchev–Trinajstić information content (AvgIpc) is 3.20. The Labute approximate surface area is 122 Å². The Kier molecular flexibility index (Phi) is 2.74.